The molecule has 0 unspecified atom stereocenters. The molecule has 0 aliphatic heterocycles. The van der Waals surface area contributed by atoms with Crippen LogP contribution in [0.3, 0.4) is 0 Å². The van der Waals surface area contributed by atoms with Crippen LogP contribution in [0.1, 0.15) is 24.1 Å². The first-order valence-electron chi connectivity index (χ1n) is 5.66. The van der Waals surface area contributed by atoms with E-state index in [-0.39, 0.29) is 0 Å². The molecule has 1 heterocycles. The smallest absolute Gasteiger partial charge is 0.144 e. The zero-order valence-electron chi connectivity index (χ0n) is 9.27. The second-order valence-corrected chi connectivity index (χ2v) is 4.76. The van der Waals surface area contributed by atoms with Gasteiger partial charge in [-0.2, -0.15) is 0 Å². The van der Waals surface area contributed by atoms with Gasteiger partial charge in [0.2, 0.25) is 0 Å². The number of ether oxygens (including phenoxy) is 1. The lowest BCUT2D eigenvalue weighted by molar-refractivity contribution is 0.419. The minimum atomic E-state index is 0.747. The van der Waals surface area contributed by atoms with Crippen LogP contribution in [0, 0.1) is 0 Å². The van der Waals surface area contributed by atoms with Crippen LogP contribution in [-0.4, -0.2) is 12.1 Å². The van der Waals surface area contributed by atoms with Gasteiger partial charge in [0.1, 0.15) is 5.75 Å². The third-order valence-corrected chi connectivity index (χ3v) is 3.57. The second kappa shape index (κ2) is 3.70. The number of rotatable bonds is 1. The minimum absolute atomic E-state index is 0.747. The van der Waals surface area contributed by atoms with Crippen molar-refractivity contribution in [2.45, 2.75) is 25.7 Å². The highest BCUT2D eigenvalue weighted by atomic mass is 35.5. The molecule has 0 radical (unpaired) electrons. The maximum absolute atomic E-state index is 6.11. The predicted molar refractivity (Wildman–Crippen MR) is 66.5 cm³/mol. The Morgan fingerprint density at radius 3 is 2.88 bits per heavy atom. The normalized spacial score (nSPS) is 15.1. The highest BCUT2D eigenvalue weighted by molar-refractivity contribution is 6.31. The van der Waals surface area contributed by atoms with E-state index in [1.54, 1.807) is 7.11 Å². The van der Waals surface area contributed by atoms with Gasteiger partial charge in [-0.1, -0.05) is 11.6 Å². The molecular weight excluding hydrogens is 222 g/mol. The van der Waals surface area contributed by atoms with Gasteiger partial charge in [-0.3, -0.25) is 0 Å². The van der Waals surface area contributed by atoms with Gasteiger partial charge in [0.05, 0.1) is 12.6 Å². The van der Waals surface area contributed by atoms with Crippen molar-refractivity contribution in [3.63, 3.8) is 0 Å². The number of hydrogen-bond donors (Lipinski definition) is 1. The molecule has 0 atom stereocenters. The molecule has 1 aromatic heterocycles. The van der Waals surface area contributed by atoms with Gasteiger partial charge in [-0.15, -0.1) is 0 Å². The van der Waals surface area contributed by atoms with Crippen molar-refractivity contribution in [3.8, 4) is 5.75 Å². The number of nitrogens with one attached hydrogen (secondary N) is 1. The first kappa shape index (κ1) is 10.0. The summed E-state index contributed by atoms with van der Waals surface area (Å²) in [6.07, 6.45) is 4.84. The van der Waals surface area contributed by atoms with E-state index in [0.29, 0.717) is 0 Å². The molecule has 0 saturated heterocycles. The van der Waals surface area contributed by atoms with Crippen molar-refractivity contribution in [1.82, 2.24) is 4.98 Å². The maximum atomic E-state index is 6.11. The molecule has 0 spiro atoms. The summed E-state index contributed by atoms with van der Waals surface area (Å²) in [5.74, 6) is 0.844. The van der Waals surface area contributed by atoms with Gasteiger partial charge in [-0.25, -0.2) is 0 Å². The molecule has 16 heavy (non-hydrogen) atoms. The summed E-state index contributed by atoms with van der Waals surface area (Å²) in [6, 6.07) is 3.91. The molecule has 1 aliphatic rings. The van der Waals surface area contributed by atoms with E-state index in [1.807, 2.05) is 12.1 Å². The summed E-state index contributed by atoms with van der Waals surface area (Å²) in [4.78, 5) is 3.48. The molecule has 0 amide bonds. The fraction of sp³-hybridized carbons (Fsp3) is 0.385. The summed E-state index contributed by atoms with van der Waals surface area (Å²) in [7, 11) is 1.69. The van der Waals surface area contributed by atoms with E-state index >= 15 is 0 Å². The Bertz CT molecular complexity index is 544. The lowest BCUT2D eigenvalue weighted by Gasteiger charge is -2.10. The van der Waals surface area contributed by atoms with Crippen LogP contribution < -0.4 is 4.74 Å². The summed E-state index contributed by atoms with van der Waals surface area (Å²) in [5.41, 5.74) is 3.89. The van der Waals surface area contributed by atoms with E-state index < -0.39 is 0 Å². The Kier molecular flexibility index (Phi) is 2.32. The zero-order valence-corrected chi connectivity index (χ0v) is 10.0. The van der Waals surface area contributed by atoms with Crippen LogP contribution in [0.25, 0.3) is 10.9 Å². The summed E-state index contributed by atoms with van der Waals surface area (Å²) < 4.78 is 5.37. The quantitative estimate of drug-likeness (QED) is 0.801. The zero-order chi connectivity index (χ0) is 11.1. The average molecular weight is 236 g/mol. The number of aryl methyl sites for hydroxylation is 2. The van der Waals surface area contributed by atoms with Crippen LogP contribution in [0.5, 0.6) is 5.75 Å². The Hall–Kier alpha value is -1.15. The Morgan fingerprint density at radius 2 is 2.06 bits per heavy atom. The molecular formula is C13H14ClNO. The van der Waals surface area contributed by atoms with Gasteiger partial charge in [0, 0.05) is 22.2 Å². The van der Waals surface area contributed by atoms with Crippen molar-refractivity contribution in [1.29, 1.82) is 0 Å². The molecule has 3 rings (SSSR count). The molecule has 0 saturated carbocycles. The summed E-state index contributed by atoms with van der Waals surface area (Å²) in [6.45, 7) is 0. The highest BCUT2D eigenvalue weighted by Gasteiger charge is 2.17. The maximum Gasteiger partial charge on any atom is 0.144 e. The van der Waals surface area contributed by atoms with Crippen molar-refractivity contribution in [2.24, 2.45) is 0 Å². The molecule has 1 N–H and O–H groups in total. The van der Waals surface area contributed by atoms with E-state index in [4.69, 9.17) is 16.3 Å². The number of methoxy groups -OCH3 is 1. The van der Waals surface area contributed by atoms with E-state index in [9.17, 15) is 0 Å². The SMILES string of the molecule is COc1cc(Cl)cc2c3c([nH]c12)CCCC3. The number of benzene rings is 1. The Balaban J connectivity index is 2.33. The van der Waals surface area contributed by atoms with Gasteiger partial charge in [0.15, 0.2) is 0 Å². The summed E-state index contributed by atoms with van der Waals surface area (Å²) in [5, 5.41) is 1.98. The Labute approximate surface area is 99.6 Å². The average Bonchev–Trinajstić information content (AvgIpc) is 2.67. The van der Waals surface area contributed by atoms with Crippen molar-refractivity contribution in [3.05, 3.63) is 28.4 Å². The molecule has 2 nitrogen and oxygen atoms in total. The number of H-pyrrole nitrogens is 1. The number of aromatic amines is 1. The van der Waals surface area contributed by atoms with Gasteiger partial charge < -0.3 is 9.72 Å². The number of halogens is 1. The standard InChI is InChI=1S/C13H14ClNO/c1-16-12-7-8(14)6-10-9-4-2-3-5-11(9)15-13(10)12/h6-7,15H,2-5H2,1H3. The van der Waals surface area contributed by atoms with Crippen molar-refractivity contribution in [2.75, 3.05) is 7.11 Å². The van der Waals surface area contributed by atoms with E-state index in [1.165, 1.54) is 29.5 Å². The number of hydrogen-bond acceptors (Lipinski definition) is 1. The first-order valence-corrected chi connectivity index (χ1v) is 6.04. The minimum Gasteiger partial charge on any atom is -0.495 e. The fourth-order valence-electron chi connectivity index (χ4n) is 2.60. The summed E-state index contributed by atoms with van der Waals surface area (Å²) >= 11 is 6.11. The second-order valence-electron chi connectivity index (χ2n) is 4.32. The van der Waals surface area contributed by atoms with Gasteiger partial charge in [0.25, 0.3) is 0 Å². The highest BCUT2D eigenvalue weighted by Crippen LogP contribution is 2.36. The number of aromatic nitrogens is 1. The van der Waals surface area contributed by atoms with Crippen LogP contribution in [0.4, 0.5) is 0 Å². The topological polar surface area (TPSA) is 25.0 Å². The van der Waals surface area contributed by atoms with Crippen LogP contribution in [0.2, 0.25) is 5.02 Å². The van der Waals surface area contributed by atoms with Gasteiger partial charge >= 0.3 is 0 Å². The molecule has 0 bridgehead atoms. The lowest BCUT2D eigenvalue weighted by Crippen LogP contribution is -1.99. The van der Waals surface area contributed by atoms with E-state index in [0.717, 1.165) is 29.1 Å². The van der Waals surface area contributed by atoms with E-state index in [2.05, 4.69) is 4.98 Å². The number of fused-ring (bicyclic) bond motifs is 3. The molecule has 1 aliphatic carbocycles. The van der Waals surface area contributed by atoms with Crippen LogP contribution >= 0.6 is 11.6 Å². The van der Waals surface area contributed by atoms with Gasteiger partial charge in [-0.05, 0) is 37.3 Å². The van der Waals surface area contributed by atoms with Crippen LogP contribution in [-0.2, 0) is 12.8 Å². The third kappa shape index (κ3) is 1.40. The fourth-order valence-corrected chi connectivity index (χ4v) is 2.81. The van der Waals surface area contributed by atoms with Crippen molar-refractivity contribution >= 4 is 22.5 Å². The molecule has 84 valence electrons. The lowest BCUT2D eigenvalue weighted by atomic mass is 9.96. The monoisotopic (exact) mass is 235 g/mol. The van der Waals surface area contributed by atoms with Crippen LogP contribution in [0.15, 0.2) is 12.1 Å². The third-order valence-electron chi connectivity index (χ3n) is 3.36. The molecule has 1 aromatic carbocycles. The molecule has 0 fully saturated rings. The predicted octanol–water partition coefficient (Wildman–Crippen LogP) is 3.71. The van der Waals surface area contributed by atoms with Crippen molar-refractivity contribution < 1.29 is 4.74 Å². The first-order chi connectivity index (χ1) is 7.79. The largest absolute Gasteiger partial charge is 0.495 e. The Morgan fingerprint density at radius 1 is 1.25 bits per heavy atom. The molecule has 2 aromatic rings. The molecule has 3 heteroatoms.